The van der Waals surface area contributed by atoms with Gasteiger partial charge >= 0.3 is 6.03 Å². The molecule has 0 bridgehead atoms. The van der Waals surface area contributed by atoms with Crippen LogP contribution in [0.4, 0.5) is 10.5 Å². The van der Waals surface area contributed by atoms with Crippen LogP contribution in [0.5, 0.6) is 0 Å². The van der Waals surface area contributed by atoms with Crippen molar-refractivity contribution in [1.82, 2.24) is 5.32 Å². The number of benzene rings is 1. The van der Waals surface area contributed by atoms with Gasteiger partial charge in [0.2, 0.25) is 5.96 Å². The molecular formula is C9H11Cl3N4O. The summed E-state index contributed by atoms with van der Waals surface area (Å²) < 4.78 is 0. The number of halogens is 3. The highest BCUT2D eigenvalue weighted by Crippen LogP contribution is 2.29. The molecule has 0 saturated heterocycles. The lowest BCUT2D eigenvalue weighted by Gasteiger charge is -2.11. The molecule has 0 radical (unpaired) electrons. The maximum Gasteiger partial charge on any atom is 0.318 e. The fourth-order valence-corrected chi connectivity index (χ4v) is 1.49. The third-order valence-electron chi connectivity index (χ3n) is 1.67. The largest absolute Gasteiger partial charge is 0.351 e. The zero-order chi connectivity index (χ0) is 12.1. The minimum Gasteiger partial charge on any atom is -0.351 e. The van der Waals surface area contributed by atoms with Crippen molar-refractivity contribution >= 4 is 53.3 Å². The van der Waals surface area contributed by atoms with Gasteiger partial charge in [-0.15, -0.1) is 12.4 Å². The molecule has 0 aromatic heterocycles. The average Bonchev–Trinajstić information content (AvgIpc) is 2.21. The first-order chi connectivity index (χ1) is 7.54. The Morgan fingerprint density at radius 1 is 1.35 bits per heavy atom. The Bertz CT molecular complexity index is 416. The number of aliphatic imine (C=N–C) groups is 1. The number of anilines is 1. The molecule has 94 valence electrons. The quantitative estimate of drug-likeness (QED) is 0.550. The number of nitrogens with two attached hydrogens (primary N) is 1. The molecule has 0 atom stereocenters. The number of nitrogens with zero attached hydrogens (tertiary/aromatic N) is 1. The zero-order valence-corrected chi connectivity index (χ0v) is 11.2. The van der Waals surface area contributed by atoms with Gasteiger partial charge in [-0.2, -0.15) is 0 Å². The minimum atomic E-state index is -0.726. The number of carbonyl (C=O) groups excluding carboxylic acids is 1. The Hall–Kier alpha value is -1.17. The van der Waals surface area contributed by atoms with Gasteiger partial charge in [0.1, 0.15) is 0 Å². The van der Waals surface area contributed by atoms with E-state index in [9.17, 15) is 4.79 Å². The van der Waals surface area contributed by atoms with E-state index >= 15 is 0 Å². The van der Waals surface area contributed by atoms with E-state index in [2.05, 4.69) is 15.6 Å². The molecule has 0 spiro atoms. The second-order valence-electron chi connectivity index (χ2n) is 2.78. The fraction of sp³-hybridized carbons (Fsp3) is 0.111. The van der Waals surface area contributed by atoms with Gasteiger partial charge in [-0.25, -0.2) is 4.79 Å². The number of guanidine groups is 1. The Labute approximate surface area is 115 Å². The number of para-hydroxylation sites is 1. The number of rotatable bonds is 1. The third-order valence-corrected chi connectivity index (χ3v) is 2.30. The van der Waals surface area contributed by atoms with E-state index in [4.69, 9.17) is 28.9 Å². The summed E-state index contributed by atoms with van der Waals surface area (Å²) in [6.45, 7) is 0. The van der Waals surface area contributed by atoms with Crippen LogP contribution in [0.15, 0.2) is 23.2 Å². The number of primary amides is 1. The van der Waals surface area contributed by atoms with Crippen molar-refractivity contribution < 1.29 is 4.79 Å². The maximum absolute atomic E-state index is 10.7. The van der Waals surface area contributed by atoms with Crippen molar-refractivity contribution in [3.63, 3.8) is 0 Å². The molecule has 0 aliphatic carbocycles. The molecule has 17 heavy (non-hydrogen) atoms. The van der Waals surface area contributed by atoms with Gasteiger partial charge in [0, 0.05) is 7.05 Å². The SMILES string of the molecule is C/N=C(\NC(N)=O)Nc1c(Cl)cccc1Cl.Cl. The van der Waals surface area contributed by atoms with Gasteiger partial charge in [0.05, 0.1) is 15.7 Å². The summed E-state index contributed by atoms with van der Waals surface area (Å²) in [5, 5.41) is 5.90. The first kappa shape index (κ1) is 15.8. The molecule has 0 heterocycles. The summed E-state index contributed by atoms with van der Waals surface area (Å²) in [7, 11) is 1.49. The van der Waals surface area contributed by atoms with Crippen LogP contribution in [0, 0.1) is 0 Å². The van der Waals surface area contributed by atoms with Gasteiger partial charge in [-0.3, -0.25) is 10.3 Å². The van der Waals surface area contributed by atoms with E-state index in [0.29, 0.717) is 15.7 Å². The van der Waals surface area contributed by atoms with E-state index in [0.717, 1.165) is 0 Å². The van der Waals surface area contributed by atoms with Crippen molar-refractivity contribution in [2.45, 2.75) is 0 Å². The first-order valence-corrected chi connectivity index (χ1v) is 5.04. The number of urea groups is 1. The molecule has 1 aromatic rings. The number of hydrogen-bond acceptors (Lipinski definition) is 2. The van der Waals surface area contributed by atoms with Crippen molar-refractivity contribution in [2.75, 3.05) is 12.4 Å². The second kappa shape index (κ2) is 7.21. The molecule has 0 aliphatic rings. The normalized spacial score (nSPS) is 10.4. The zero-order valence-electron chi connectivity index (χ0n) is 8.83. The highest BCUT2D eigenvalue weighted by molar-refractivity contribution is 6.39. The van der Waals surface area contributed by atoms with E-state index in [-0.39, 0.29) is 18.4 Å². The van der Waals surface area contributed by atoms with Crippen LogP contribution < -0.4 is 16.4 Å². The molecule has 1 aromatic carbocycles. The average molecular weight is 298 g/mol. The fourth-order valence-electron chi connectivity index (χ4n) is 0.995. The van der Waals surface area contributed by atoms with Gasteiger partial charge in [-0.1, -0.05) is 29.3 Å². The monoisotopic (exact) mass is 296 g/mol. The van der Waals surface area contributed by atoms with Crippen LogP contribution in [0.1, 0.15) is 0 Å². The predicted molar refractivity (Wildman–Crippen MR) is 73.4 cm³/mol. The number of nitrogens with one attached hydrogen (secondary N) is 2. The number of amides is 2. The molecule has 8 heteroatoms. The predicted octanol–water partition coefficient (Wildman–Crippen LogP) is 2.48. The Morgan fingerprint density at radius 2 is 1.88 bits per heavy atom. The molecule has 0 saturated carbocycles. The van der Waals surface area contributed by atoms with Crippen molar-refractivity contribution in [1.29, 1.82) is 0 Å². The van der Waals surface area contributed by atoms with Crippen LogP contribution >= 0.6 is 35.6 Å². The maximum atomic E-state index is 10.7. The smallest absolute Gasteiger partial charge is 0.318 e. The number of hydrogen-bond donors (Lipinski definition) is 3. The third kappa shape index (κ3) is 4.68. The molecule has 0 fully saturated rings. The van der Waals surface area contributed by atoms with Crippen molar-refractivity contribution in [2.24, 2.45) is 10.7 Å². The lowest BCUT2D eigenvalue weighted by Crippen LogP contribution is -2.39. The second-order valence-corrected chi connectivity index (χ2v) is 3.60. The van der Waals surface area contributed by atoms with Gasteiger partial charge in [0.15, 0.2) is 0 Å². The highest BCUT2D eigenvalue weighted by Gasteiger charge is 2.08. The molecular weight excluding hydrogens is 286 g/mol. The van der Waals surface area contributed by atoms with Crippen LogP contribution in [0.2, 0.25) is 10.0 Å². The molecule has 4 N–H and O–H groups in total. The van der Waals surface area contributed by atoms with Gasteiger partial charge < -0.3 is 11.1 Å². The summed E-state index contributed by atoms with van der Waals surface area (Å²) in [6, 6.07) is 4.30. The lowest BCUT2D eigenvalue weighted by atomic mass is 10.3. The van der Waals surface area contributed by atoms with Gasteiger partial charge in [-0.05, 0) is 12.1 Å². The summed E-state index contributed by atoms with van der Waals surface area (Å²) in [5.41, 5.74) is 5.42. The molecule has 0 unspecified atom stereocenters. The summed E-state index contributed by atoms with van der Waals surface area (Å²) in [4.78, 5) is 14.4. The van der Waals surface area contributed by atoms with E-state index in [1.165, 1.54) is 7.05 Å². The summed E-state index contributed by atoms with van der Waals surface area (Å²) >= 11 is 11.8. The highest BCUT2D eigenvalue weighted by atomic mass is 35.5. The van der Waals surface area contributed by atoms with Crippen LogP contribution in [0.3, 0.4) is 0 Å². The van der Waals surface area contributed by atoms with E-state index in [1.807, 2.05) is 0 Å². The Morgan fingerprint density at radius 3 is 2.29 bits per heavy atom. The standard InChI is InChI=1S/C9H10Cl2N4O.ClH/c1-13-9(15-8(12)16)14-7-5(10)3-2-4-6(7)11;/h2-4H,1H3,(H4,12,13,14,15,16);1H. The molecule has 2 amide bonds. The van der Waals surface area contributed by atoms with Crippen molar-refractivity contribution in [3.05, 3.63) is 28.2 Å². The molecule has 0 aliphatic heterocycles. The number of carbonyl (C=O) groups is 1. The van der Waals surface area contributed by atoms with Crippen LogP contribution in [-0.2, 0) is 0 Å². The lowest BCUT2D eigenvalue weighted by molar-refractivity contribution is 0.253. The van der Waals surface area contributed by atoms with Crippen LogP contribution in [0.25, 0.3) is 0 Å². The summed E-state index contributed by atoms with van der Waals surface area (Å²) in [6.07, 6.45) is 0. The minimum absolute atomic E-state index is 0. The van der Waals surface area contributed by atoms with E-state index < -0.39 is 6.03 Å². The van der Waals surface area contributed by atoms with E-state index in [1.54, 1.807) is 18.2 Å². The summed E-state index contributed by atoms with van der Waals surface area (Å²) in [5.74, 6) is 0.169. The first-order valence-electron chi connectivity index (χ1n) is 4.29. The topological polar surface area (TPSA) is 79.5 Å². The van der Waals surface area contributed by atoms with Crippen LogP contribution in [-0.4, -0.2) is 19.0 Å². The van der Waals surface area contributed by atoms with Crippen molar-refractivity contribution in [3.8, 4) is 0 Å². The molecule has 1 rings (SSSR count). The Balaban J connectivity index is 0.00000256. The van der Waals surface area contributed by atoms with Gasteiger partial charge in [0.25, 0.3) is 0 Å². The Kier molecular flexibility index (Phi) is 6.72. The molecule has 5 nitrogen and oxygen atoms in total.